The van der Waals surface area contributed by atoms with Gasteiger partial charge in [-0.3, -0.25) is 0 Å². The molecule has 0 saturated heterocycles. The molecule has 70 valence electrons. The van der Waals surface area contributed by atoms with Gasteiger partial charge in [0.15, 0.2) is 0 Å². The van der Waals surface area contributed by atoms with Crippen LogP contribution in [0.4, 0.5) is 0 Å². The maximum Gasteiger partial charge on any atom is 0.0945 e. The van der Waals surface area contributed by atoms with Gasteiger partial charge in [0, 0.05) is 18.9 Å². The van der Waals surface area contributed by atoms with E-state index in [4.69, 9.17) is 0 Å². The monoisotopic (exact) mass is 176 g/mol. The molecule has 2 nitrogen and oxygen atoms in total. The van der Waals surface area contributed by atoms with Gasteiger partial charge in [-0.1, -0.05) is 11.6 Å². The van der Waals surface area contributed by atoms with Gasteiger partial charge in [-0.05, 0) is 32.1 Å². The van der Waals surface area contributed by atoms with Crippen LogP contribution in [0.1, 0.15) is 26.2 Å². The van der Waals surface area contributed by atoms with Gasteiger partial charge in [-0.15, -0.1) is 0 Å². The predicted molar refractivity (Wildman–Crippen MR) is 53.3 cm³/mol. The van der Waals surface area contributed by atoms with E-state index in [2.05, 4.69) is 22.6 Å². The van der Waals surface area contributed by atoms with Gasteiger partial charge in [0.05, 0.1) is 6.33 Å². The van der Waals surface area contributed by atoms with Crippen LogP contribution in [-0.2, 0) is 6.54 Å². The lowest BCUT2D eigenvalue weighted by Gasteiger charge is -2.20. The lowest BCUT2D eigenvalue weighted by Crippen LogP contribution is -2.11. The van der Waals surface area contributed by atoms with Crippen LogP contribution in [0.3, 0.4) is 0 Å². The zero-order valence-corrected chi connectivity index (χ0v) is 8.11. The van der Waals surface area contributed by atoms with E-state index in [1.54, 1.807) is 5.57 Å². The average Bonchev–Trinajstić information content (AvgIpc) is 2.62. The molecule has 0 unspecified atom stereocenters. The molecule has 2 heteroatoms. The third-order valence-electron chi connectivity index (χ3n) is 2.77. The second-order valence-corrected chi connectivity index (χ2v) is 3.95. The largest absolute Gasteiger partial charge is 0.337 e. The van der Waals surface area contributed by atoms with Crippen molar-refractivity contribution in [2.45, 2.75) is 32.7 Å². The van der Waals surface area contributed by atoms with Gasteiger partial charge < -0.3 is 4.57 Å². The molecule has 1 heterocycles. The molecule has 0 amide bonds. The third kappa shape index (κ3) is 2.20. The molecule has 0 fully saturated rings. The Morgan fingerprint density at radius 3 is 3.15 bits per heavy atom. The summed E-state index contributed by atoms with van der Waals surface area (Å²) in [5, 5.41) is 0. The number of allylic oxidation sites excluding steroid dienone is 2. The third-order valence-corrected chi connectivity index (χ3v) is 2.77. The smallest absolute Gasteiger partial charge is 0.0945 e. The molecular weight excluding hydrogens is 160 g/mol. The standard InChI is InChI=1S/C11H16N2/c1-10-2-4-11(5-3-10)8-13-7-6-12-9-13/h2,6-7,9,11H,3-5,8H2,1H3/t11-/m1/s1. The van der Waals surface area contributed by atoms with E-state index in [1.807, 2.05) is 18.7 Å². The minimum Gasteiger partial charge on any atom is -0.337 e. The maximum atomic E-state index is 4.05. The fourth-order valence-corrected chi connectivity index (χ4v) is 1.88. The van der Waals surface area contributed by atoms with Crippen LogP contribution in [-0.4, -0.2) is 9.55 Å². The second kappa shape index (κ2) is 3.77. The Balaban J connectivity index is 1.90. The molecule has 0 aliphatic heterocycles. The van der Waals surface area contributed by atoms with Crippen molar-refractivity contribution >= 4 is 0 Å². The van der Waals surface area contributed by atoms with Crippen LogP contribution >= 0.6 is 0 Å². The lowest BCUT2D eigenvalue weighted by atomic mass is 9.90. The highest BCUT2D eigenvalue weighted by Gasteiger charge is 2.12. The normalized spacial score (nSPS) is 22.8. The van der Waals surface area contributed by atoms with Crippen molar-refractivity contribution in [1.29, 1.82) is 0 Å². The molecule has 1 aliphatic carbocycles. The van der Waals surface area contributed by atoms with Crippen molar-refractivity contribution in [3.8, 4) is 0 Å². The van der Waals surface area contributed by atoms with Crippen LogP contribution in [0, 0.1) is 5.92 Å². The van der Waals surface area contributed by atoms with Gasteiger partial charge in [0.1, 0.15) is 0 Å². The summed E-state index contributed by atoms with van der Waals surface area (Å²) in [6.07, 6.45) is 12.0. The van der Waals surface area contributed by atoms with Gasteiger partial charge in [-0.25, -0.2) is 4.98 Å². The van der Waals surface area contributed by atoms with Crippen LogP contribution in [0.5, 0.6) is 0 Å². The molecule has 0 radical (unpaired) electrons. The van der Waals surface area contributed by atoms with E-state index in [0.717, 1.165) is 12.5 Å². The number of hydrogen-bond acceptors (Lipinski definition) is 1. The molecule has 2 rings (SSSR count). The number of hydrogen-bond donors (Lipinski definition) is 0. The van der Waals surface area contributed by atoms with Crippen LogP contribution in [0.25, 0.3) is 0 Å². The van der Waals surface area contributed by atoms with Crippen molar-refractivity contribution in [3.63, 3.8) is 0 Å². The highest BCUT2D eigenvalue weighted by atomic mass is 15.0. The zero-order chi connectivity index (χ0) is 9.10. The highest BCUT2D eigenvalue weighted by Crippen LogP contribution is 2.24. The Hall–Kier alpha value is -1.05. The Bertz CT molecular complexity index is 285. The molecular formula is C11H16N2. The lowest BCUT2D eigenvalue weighted by molar-refractivity contribution is 0.403. The molecule has 1 atom stereocenters. The highest BCUT2D eigenvalue weighted by molar-refractivity contribution is 5.02. The van der Waals surface area contributed by atoms with E-state index in [1.165, 1.54) is 19.3 Å². The summed E-state index contributed by atoms with van der Waals surface area (Å²) < 4.78 is 2.18. The first kappa shape index (κ1) is 8.54. The Labute approximate surface area is 79.3 Å². The molecule has 0 spiro atoms. The molecule has 0 aromatic carbocycles. The van der Waals surface area contributed by atoms with Crippen LogP contribution < -0.4 is 0 Å². The first-order chi connectivity index (χ1) is 6.34. The fourth-order valence-electron chi connectivity index (χ4n) is 1.88. The molecule has 1 aromatic rings. The van der Waals surface area contributed by atoms with Crippen molar-refractivity contribution in [1.82, 2.24) is 9.55 Å². The van der Waals surface area contributed by atoms with Crippen LogP contribution in [0.15, 0.2) is 30.4 Å². The van der Waals surface area contributed by atoms with Crippen molar-refractivity contribution in [2.75, 3.05) is 0 Å². The summed E-state index contributed by atoms with van der Waals surface area (Å²) in [5.41, 5.74) is 1.56. The molecule has 0 saturated carbocycles. The SMILES string of the molecule is CC1=CC[C@@H](Cn2ccnc2)CC1. The van der Waals surface area contributed by atoms with Crippen LogP contribution in [0.2, 0.25) is 0 Å². The average molecular weight is 176 g/mol. The van der Waals surface area contributed by atoms with Gasteiger partial charge >= 0.3 is 0 Å². The molecule has 0 bridgehead atoms. The summed E-state index contributed by atoms with van der Waals surface area (Å²) in [4.78, 5) is 4.05. The summed E-state index contributed by atoms with van der Waals surface area (Å²) >= 11 is 0. The summed E-state index contributed by atoms with van der Waals surface area (Å²) in [6, 6.07) is 0. The molecule has 1 aromatic heterocycles. The molecule has 1 aliphatic rings. The summed E-state index contributed by atoms with van der Waals surface area (Å²) in [5.74, 6) is 0.817. The van der Waals surface area contributed by atoms with Gasteiger partial charge in [-0.2, -0.15) is 0 Å². The summed E-state index contributed by atoms with van der Waals surface area (Å²) in [7, 11) is 0. The molecule has 13 heavy (non-hydrogen) atoms. The topological polar surface area (TPSA) is 17.8 Å². The Morgan fingerprint density at radius 1 is 1.62 bits per heavy atom. The Morgan fingerprint density at radius 2 is 2.54 bits per heavy atom. The van der Waals surface area contributed by atoms with E-state index in [9.17, 15) is 0 Å². The van der Waals surface area contributed by atoms with E-state index in [-0.39, 0.29) is 0 Å². The van der Waals surface area contributed by atoms with Crippen molar-refractivity contribution in [3.05, 3.63) is 30.4 Å². The van der Waals surface area contributed by atoms with Crippen molar-refractivity contribution in [2.24, 2.45) is 5.92 Å². The Kier molecular flexibility index (Phi) is 2.48. The second-order valence-electron chi connectivity index (χ2n) is 3.95. The minimum absolute atomic E-state index is 0.817. The quantitative estimate of drug-likeness (QED) is 0.633. The van der Waals surface area contributed by atoms with E-state index < -0.39 is 0 Å². The minimum atomic E-state index is 0.817. The maximum absolute atomic E-state index is 4.05. The molecule has 0 N–H and O–H groups in total. The van der Waals surface area contributed by atoms with E-state index >= 15 is 0 Å². The van der Waals surface area contributed by atoms with Crippen molar-refractivity contribution < 1.29 is 0 Å². The van der Waals surface area contributed by atoms with Gasteiger partial charge in [0.2, 0.25) is 0 Å². The fraction of sp³-hybridized carbons (Fsp3) is 0.545. The number of rotatable bonds is 2. The first-order valence-electron chi connectivity index (χ1n) is 4.96. The predicted octanol–water partition coefficient (Wildman–Crippen LogP) is 2.63. The summed E-state index contributed by atoms with van der Waals surface area (Å²) in [6.45, 7) is 3.36. The number of imidazole rings is 1. The van der Waals surface area contributed by atoms with Gasteiger partial charge in [0.25, 0.3) is 0 Å². The zero-order valence-electron chi connectivity index (χ0n) is 8.11. The number of aromatic nitrogens is 2. The first-order valence-corrected chi connectivity index (χ1v) is 4.96. The number of nitrogens with zero attached hydrogens (tertiary/aromatic N) is 2. The van der Waals surface area contributed by atoms with E-state index in [0.29, 0.717) is 0 Å².